The van der Waals surface area contributed by atoms with Crippen LogP contribution in [0.4, 0.5) is 0 Å². The fourth-order valence-electron chi connectivity index (χ4n) is 2.81. The van der Waals surface area contributed by atoms with E-state index in [0.29, 0.717) is 12.6 Å². The molecule has 1 aliphatic rings. The molecule has 1 aliphatic carbocycles. The standard InChI is InChI=1S/C15H23BrN2O/c1-18(10-12-4-2-3-5-14(12)16)13-6-8-15(19,11-17)9-7-13/h2-5,13,19H,6-11,17H2,1H3. The molecule has 0 aromatic heterocycles. The van der Waals surface area contributed by atoms with E-state index < -0.39 is 5.60 Å². The molecule has 0 unspecified atom stereocenters. The third kappa shape index (κ3) is 3.78. The zero-order chi connectivity index (χ0) is 13.9. The van der Waals surface area contributed by atoms with Crippen molar-refractivity contribution < 1.29 is 5.11 Å². The van der Waals surface area contributed by atoms with Gasteiger partial charge in [-0.15, -0.1) is 0 Å². The van der Waals surface area contributed by atoms with Crippen LogP contribution >= 0.6 is 15.9 Å². The van der Waals surface area contributed by atoms with Crippen LogP contribution in [0.5, 0.6) is 0 Å². The number of nitrogens with zero attached hydrogens (tertiary/aromatic N) is 1. The summed E-state index contributed by atoms with van der Waals surface area (Å²) < 4.78 is 1.16. The van der Waals surface area contributed by atoms with Gasteiger partial charge in [0.2, 0.25) is 0 Å². The molecule has 3 nitrogen and oxygen atoms in total. The topological polar surface area (TPSA) is 49.5 Å². The molecule has 1 fully saturated rings. The second kappa shape index (κ2) is 6.35. The lowest BCUT2D eigenvalue weighted by Gasteiger charge is -2.39. The van der Waals surface area contributed by atoms with Gasteiger partial charge in [-0.3, -0.25) is 4.90 Å². The minimum absolute atomic E-state index is 0.383. The summed E-state index contributed by atoms with van der Waals surface area (Å²) in [6, 6.07) is 8.88. The Balaban J connectivity index is 1.92. The van der Waals surface area contributed by atoms with Gasteiger partial charge in [0.05, 0.1) is 5.60 Å². The van der Waals surface area contributed by atoms with Crippen molar-refractivity contribution in [3.05, 3.63) is 34.3 Å². The van der Waals surface area contributed by atoms with E-state index in [2.05, 4.69) is 46.1 Å². The zero-order valence-electron chi connectivity index (χ0n) is 11.5. The number of benzene rings is 1. The van der Waals surface area contributed by atoms with E-state index in [0.717, 1.165) is 36.7 Å². The Hall–Kier alpha value is -0.420. The molecule has 1 aromatic carbocycles. The number of rotatable bonds is 4. The first-order valence-electron chi connectivity index (χ1n) is 6.90. The molecule has 1 saturated carbocycles. The number of aliphatic hydroxyl groups is 1. The van der Waals surface area contributed by atoms with Gasteiger partial charge in [-0.2, -0.15) is 0 Å². The molecule has 2 rings (SSSR count). The van der Waals surface area contributed by atoms with Crippen molar-refractivity contribution in [2.24, 2.45) is 5.73 Å². The third-order valence-corrected chi connectivity index (χ3v) is 5.04. The van der Waals surface area contributed by atoms with Gasteiger partial charge in [0.25, 0.3) is 0 Å². The predicted octanol–water partition coefficient (Wildman–Crippen LogP) is 2.51. The first-order valence-corrected chi connectivity index (χ1v) is 7.69. The van der Waals surface area contributed by atoms with E-state index in [4.69, 9.17) is 5.73 Å². The van der Waals surface area contributed by atoms with Crippen molar-refractivity contribution in [3.8, 4) is 0 Å². The maximum absolute atomic E-state index is 10.2. The van der Waals surface area contributed by atoms with Gasteiger partial charge in [0.15, 0.2) is 0 Å². The monoisotopic (exact) mass is 326 g/mol. The van der Waals surface area contributed by atoms with E-state index in [-0.39, 0.29) is 0 Å². The number of hydrogen-bond acceptors (Lipinski definition) is 3. The Labute approximate surface area is 123 Å². The molecule has 0 atom stereocenters. The Bertz CT molecular complexity index is 416. The first-order chi connectivity index (χ1) is 9.04. The molecule has 0 aliphatic heterocycles. The summed E-state index contributed by atoms with van der Waals surface area (Å²) in [4.78, 5) is 2.39. The van der Waals surface area contributed by atoms with Crippen LogP contribution in [0.1, 0.15) is 31.2 Å². The SMILES string of the molecule is CN(Cc1ccccc1Br)C1CCC(O)(CN)CC1. The van der Waals surface area contributed by atoms with Crippen molar-refractivity contribution in [3.63, 3.8) is 0 Å². The highest BCUT2D eigenvalue weighted by molar-refractivity contribution is 9.10. The highest BCUT2D eigenvalue weighted by atomic mass is 79.9. The predicted molar refractivity (Wildman–Crippen MR) is 81.9 cm³/mol. The van der Waals surface area contributed by atoms with Gasteiger partial charge < -0.3 is 10.8 Å². The summed E-state index contributed by atoms with van der Waals surface area (Å²) in [7, 11) is 2.16. The van der Waals surface area contributed by atoms with Crippen molar-refractivity contribution in [1.29, 1.82) is 0 Å². The Morgan fingerprint density at radius 3 is 2.58 bits per heavy atom. The fraction of sp³-hybridized carbons (Fsp3) is 0.600. The summed E-state index contributed by atoms with van der Waals surface area (Å²) >= 11 is 3.59. The molecule has 0 amide bonds. The number of nitrogens with two attached hydrogens (primary N) is 1. The van der Waals surface area contributed by atoms with Crippen LogP contribution < -0.4 is 5.73 Å². The van der Waals surface area contributed by atoms with Gasteiger partial charge in [-0.1, -0.05) is 34.1 Å². The van der Waals surface area contributed by atoms with Crippen molar-refractivity contribution >= 4 is 15.9 Å². The highest BCUT2D eigenvalue weighted by Gasteiger charge is 2.33. The minimum atomic E-state index is -0.620. The largest absolute Gasteiger partial charge is 0.389 e. The molecule has 3 N–H and O–H groups in total. The van der Waals surface area contributed by atoms with E-state index in [1.54, 1.807) is 0 Å². The summed E-state index contributed by atoms with van der Waals surface area (Å²) in [5, 5.41) is 10.2. The van der Waals surface area contributed by atoms with E-state index in [9.17, 15) is 5.11 Å². The molecule has 0 radical (unpaired) electrons. The summed E-state index contributed by atoms with van der Waals surface area (Å²) in [5.74, 6) is 0. The van der Waals surface area contributed by atoms with Crippen LogP contribution in [-0.4, -0.2) is 35.2 Å². The van der Waals surface area contributed by atoms with Gasteiger partial charge in [-0.05, 0) is 44.4 Å². The smallest absolute Gasteiger partial charge is 0.0770 e. The zero-order valence-corrected chi connectivity index (χ0v) is 13.1. The molecule has 4 heteroatoms. The second-order valence-corrected chi connectivity index (χ2v) is 6.52. The maximum atomic E-state index is 10.2. The summed E-state index contributed by atoms with van der Waals surface area (Å²) in [5.41, 5.74) is 6.32. The third-order valence-electron chi connectivity index (χ3n) is 4.27. The summed E-state index contributed by atoms with van der Waals surface area (Å²) in [6.45, 7) is 1.32. The van der Waals surface area contributed by atoms with Crippen LogP contribution in [-0.2, 0) is 6.54 Å². The number of halogens is 1. The average Bonchev–Trinajstić information content (AvgIpc) is 2.42. The molecule has 19 heavy (non-hydrogen) atoms. The second-order valence-electron chi connectivity index (χ2n) is 5.67. The molecule has 1 aromatic rings. The Morgan fingerprint density at radius 2 is 2.00 bits per heavy atom. The number of hydrogen-bond donors (Lipinski definition) is 2. The minimum Gasteiger partial charge on any atom is -0.389 e. The Kier molecular flexibility index (Phi) is 5.01. The van der Waals surface area contributed by atoms with E-state index in [1.807, 2.05) is 6.07 Å². The highest BCUT2D eigenvalue weighted by Crippen LogP contribution is 2.30. The van der Waals surface area contributed by atoms with Crippen molar-refractivity contribution in [2.75, 3.05) is 13.6 Å². The van der Waals surface area contributed by atoms with Gasteiger partial charge in [0.1, 0.15) is 0 Å². The summed E-state index contributed by atoms with van der Waals surface area (Å²) in [6.07, 6.45) is 3.67. The fourth-order valence-corrected chi connectivity index (χ4v) is 3.22. The molecule has 0 saturated heterocycles. The van der Waals surface area contributed by atoms with Crippen molar-refractivity contribution in [1.82, 2.24) is 4.90 Å². The molecule has 0 spiro atoms. The maximum Gasteiger partial charge on any atom is 0.0770 e. The molecule has 106 valence electrons. The van der Waals surface area contributed by atoms with Crippen LogP contribution in [0.3, 0.4) is 0 Å². The lowest BCUT2D eigenvalue weighted by molar-refractivity contribution is -0.0104. The molecular formula is C15H23BrN2O. The normalized spacial score (nSPS) is 27.7. The quantitative estimate of drug-likeness (QED) is 0.893. The molecular weight excluding hydrogens is 304 g/mol. The lowest BCUT2D eigenvalue weighted by Crippen LogP contribution is -2.45. The van der Waals surface area contributed by atoms with Gasteiger partial charge in [-0.25, -0.2) is 0 Å². The van der Waals surface area contributed by atoms with Crippen LogP contribution in [0.2, 0.25) is 0 Å². The van der Waals surface area contributed by atoms with E-state index in [1.165, 1.54) is 5.56 Å². The van der Waals surface area contributed by atoms with Crippen LogP contribution in [0, 0.1) is 0 Å². The average molecular weight is 327 g/mol. The lowest BCUT2D eigenvalue weighted by atomic mass is 9.82. The van der Waals surface area contributed by atoms with Crippen LogP contribution in [0.25, 0.3) is 0 Å². The molecule has 0 bridgehead atoms. The Morgan fingerprint density at radius 1 is 1.37 bits per heavy atom. The molecule has 0 heterocycles. The van der Waals surface area contributed by atoms with Crippen LogP contribution in [0.15, 0.2) is 28.7 Å². The first kappa shape index (κ1) is 15.0. The van der Waals surface area contributed by atoms with Gasteiger partial charge in [0, 0.05) is 23.6 Å². The van der Waals surface area contributed by atoms with Gasteiger partial charge >= 0.3 is 0 Å². The van der Waals surface area contributed by atoms with Crippen molar-refractivity contribution in [2.45, 2.75) is 43.9 Å². The van der Waals surface area contributed by atoms with E-state index >= 15 is 0 Å².